The molecule has 0 aliphatic carbocycles. The first-order valence-corrected chi connectivity index (χ1v) is 4.52. The van der Waals surface area contributed by atoms with Gasteiger partial charge in [0.1, 0.15) is 24.4 Å². The number of carbonyl (C=O) groups excluding carboxylic acids is 2. The molecular formula is C8H11F3O7. The highest BCUT2D eigenvalue weighted by Gasteiger charge is 2.48. The molecule has 0 rings (SSSR count). The summed E-state index contributed by atoms with van der Waals surface area (Å²) in [5, 5.41) is 44.3. The fourth-order valence-electron chi connectivity index (χ4n) is 0.951. The maximum absolute atomic E-state index is 11.8. The first-order valence-electron chi connectivity index (χ1n) is 4.52. The minimum Gasteiger partial charge on any atom is -0.394 e. The van der Waals surface area contributed by atoms with E-state index in [1.807, 2.05) is 0 Å². The van der Waals surface area contributed by atoms with Crippen molar-refractivity contribution in [3.63, 3.8) is 0 Å². The third kappa shape index (κ3) is 3.99. The molecule has 10 heteroatoms. The molecule has 0 bridgehead atoms. The second kappa shape index (κ2) is 6.20. The van der Waals surface area contributed by atoms with Crippen molar-refractivity contribution >= 4 is 11.6 Å². The van der Waals surface area contributed by atoms with E-state index in [1.165, 1.54) is 0 Å². The van der Waals surface area contributed by atoms with Gasteiger partial charge in [0.05, 0.1) is 6.61 Å². The average molecular weight is 276 g/mol. The lowest BCUT2D eigenvalue weighted by Crippen LogP contribution is -2.51. The minimum atomic E-state index is -5.53. The van der Waals surface area contributed by atoms with Gasteiger partial charge in [0.15, 0.2) is 0 Å². The van der Waals surface area contributed by atoms with Crippen LogP contribution in [0.2, 0.25) is 0 Å². The zero-order chi connectivity index (χ0) is 14.7. The van der Waals surface area contributed by atoms with Crippen molar-refractivity contribution < 1.29 is 48.3 Å². The molecule has 0 aliphatic rings. The molecule has 0 aromatic heterocycles. The maximum atomic E-state index is 11.8. The Hall–Kier alpha value is -1.07. The predicted octanol–water partition coefficient (Wildman–Crippen LogP) is -2.88. The van der Waals surface area contributed by atoms with Crippen LogP contribution in [0.25, 0.3) is 0 Å². The van der Waals surface area contributed by atoms with E-state index in [1.54, 1.807) is 0 Å². The van der Waals surface area contributed by atoms with E-state index in [0.29, 0.717) is 0 Å². The van der Waals surface area contributed by atoms with Crippen molar-refractivity contribution in [3.05, 3.63) is 0 Å². The van der Waals surface area contributed by atoms with Crippen molar-refractivity contribution in [3.8, 4) is 0 Å². The monoisotopic (exact) mass is 276 g/mol. The SMILES string of the molecule is O=C(C(=O)C(F)(F)F)C(O)C(O)C(O)C(O)CO. The Morgan fingerprint density at radius 1 is 1.00 bits per heavy atom. The molecule has 0 spiro atoms. The quantitative estimate of drug-likeness (QED) is 0.329. The van der Waals surface area contributed by atoms with Gasteiger partial charge >= 0.3 is 12.0 Å². The number of Topliss-reactive ketones (excluding diaryl/α,β-unsaturated/α-hetero) is 2. The van der Waals surface area contributed by atoms with E-state index in [0.717, 1.165) is 0 Å². The van der Waals surface area contributed by atoms with E-state index in [9.17, 15) is 22.8 Å². The van der Waals surface area contributed by atoms with Crippen LogP contribution in [-0.2, 0) is 9.59 Å². The summed E-state index contributed by atoms with van der Waals surface area (Å²) in [6.45, 7) is -1.08. The summed E-state index contributed by atoms with van der Waals surface area (Å²) in [7, 11) is 0. The van der Waals surface area contributed by atoms with Crippen LogP contribution in [0.15, 0.2) is 0 Å². The molecule has 106 valence electrons. The number of halogens is 3. The lowest BCUT2D eigenvalue weighted by Gasteiger charge is -2.24. The Kier molecular flexibility index (Phi) is 5.83. The summed E-state index contributed by atoms with van der Waals surface area (Å²) < 4.78 is 35.5. The van der Waals surface area contributed by atoms with Crippen molar-refractivity contribution in [2.45, 2.75) is 30.6 Å². The van der Waals surface area contributed by atoms with Gasteiger partial charge in [0, 0.05) is 0 Å². The van der Waals surface area contributed by atoms with E-state index in [2.05, 4.69) is 0 Å². The number of hydrogen-bond acceptors (Lipinski definition) is 7. The molecule has 7 nitrogen and oxygen atoms in total. The van der Waals surface area contributed by atoms with Crippen molar-refractivity contribution in [2.24, 2.45) is 0 Å². The number of rotatable bonds is 6. The summed E-state index contributed by atoms with van der Waals surface area (Å²) in [5.74, 6) is -5.28. The van der Waals surface area contributed by atoms with Gasteiger partial charge in [0.2, 0.25) is 5.78 Å². The van der Waals surface area contributed by atoms with Gasteiger partial charge in [0.25, 0.3) is 0 Å². The van der Waals surface area contributed by atoms with Gasteiger partial charge in [-0.05, 0) is 0 Å². The first kappa shape index (κ1) is 16.9. The van der Waals surface area contributed by atoms with Crippen LogP contribution in [0, 0.1) is 0 Å². The van der Waals surface area contributed by atoms with Crippen LogP contribution in [-0.4, -0.2) is 74.3 Å². The summed E-state index contributed by atoms with van der Waals surface area (Å²) in [5.41, 5.74) is 0. The summed E-state index contributed by atoms with van der Waals surface area (Å²) in [4.78, 5) is 21.2. The molecule has 0 radical (unpaired) electrons. The number of aliphatic hydroxyl groups excluding tert-OH is 5. The molecule has 0 heterocycles. The Morgan fingerprint density at radius 3 is 1.78 bits per heavy atom. The highest BCUT2D eigenvalue weighted by molar-refractivity contribution is 6.41. The summed E-state index contributed by atoms with van der Waals surface area (Å²) in [6, 6.07) is 0. The van der Waals surface area contributed by atoms with Gasteiger partial charge < -0.3 is 25.5 Å². The van der Waals surface area contributed by atoms with Crippen LogP contribution in [0.5, 0.6) is 0 Å². The second-order valence-corrected chi connectivity index (χ2v) is 3.37. The smallest absolute Gasteiger partial charge is 0.394 e. The largest absolute Gasteiger partial charge is 0.458 e. The Labute approximate surface area is 98.1 Å². The van der Waals surface area contributed by atoms with Gasteiger partial charge in [-0.25, -0.2) is 0 Å². The standard InChI is InChI=1S/C8H11F3O7/c9-8(10,11)7(18)6(17)5(16)4(15)3(14)2(13)1-12/h2-5,12-16H,1H2. The Morgan fingerprint density at radius 2 is 1.44 bits per heavy atom. The van der Waals surface area contributed by atoms with E-state index < -0.39 is 48.8 Å². The number of hydrogen-bond donors (Lipinski definition) is 5. The molecule has 0 fully saturated rings. The second-order valence-electron chi connectivity index (χ2n) is 3.37. The molecule has 0 saturated carbocycles. The molecule has 5 N–H and O–H groups in total. The van der Waals surface area contributed by atoms with Crippen LogP contribution in [0.1, 0.15) is 0 Å². The van der Waals surface area contributed by atoms with Gasteiger partial charge in [-0.1, -0.05) is 0 Å². The zero-order valence-electron chi connectivity index (χ0n) is 8.70. The summed E-state index contributed by atoms with van der Waals surface area (Å²) >= 11 is 0. The number of alkyl halides is 3. The van der Waals surface area contributed by atoms with Crippen LogP contribution < -0.4 is 0 Å². The van der Waals surface area contributed by atoms with Gasteiger partial charge in [-0.15, -0.1) is 0 Å². The minimum absolute atomic E-state index is 1.08. The van der Waals surface area contributed by atoms with Gasteiger partial charge in [-0.3, -0.25) is 9.59 Å². The van der Waals surface area contributed by atoms with Crippen LogP contribution in [0.3, 0.4) is 0 Å². The average Bonchev–Trinajstić information content (AvgIpc) is 2.31. The van der Waals surface area contributed by atoms with E-state index in [4.69, 9.17) is 25.5 Å². The Bertz CT molecular complexity index is 316. The highest BCUT2D eigenvalue weighted by atomic mass is 19.4. The van der Waals surface area contributed by atoms with E-state index in [-0.39, 0.29) is 0 Å². The first-order chi connectivity index (χ1) is 8.03. The van der Waals surface area contributed by atoms with E-state index >= 15 is 0 Å². The molecule has 0 saturated heterocycles. The third-order valence-corrected chi connectivity index (χ3v) is 2.00. The number of carbonyl (C=O) groups is 2. The molecule has 18 heavy (non-hydrogen) atoms. The molecule has 0 aromatic rings. The molecule has 4 atom stereocenters. The Balaban J connectivity index is 4.80. The number of ketones is 2. The van der Waals surface area contributed by atoms with Crippen molar-refractivity contribution in [1.29, 1.82) is 0 Å². The summed E-state index contributed by atoms with van der Waals surface area (Å²) in [6.07, 6.45) is -15.2. The highest BCUT2D eigenvalue weighted by Crippen LogP contribution is 2.18. The van der Waals surface area contributed by atoms with Crippen LogP contribution >= 0.6 is 0 Å². The predicted molar refractivity (Wildman–Crippen MR) is 47.2 cm³/mol. The maximum Gasteiger partial charge on any atom is 0.458 e. The lowest BCUT2D eigenvalue weighted by atomic mass is 9.98. The third-order valence-electron chi connectivity index (χ3n) is 2.00. The van der Waals surface area contributed by atoms with Crippen molar-refractivity contribution in [2.75, 3.05) is 6.61 Å². The molecular weight excluding hydrogens is 265 g/mol. The molecule has 0 aromatic carbocycles. The molecule has 0 amide bonds. The lowest BCUT2D eigenvalue weighted by molar-refractivity contribution is -0.181. The topological polar surface area (TPSA) is 135 Å². The number of aliphatic hydroxyl groups is 5. The molecule has 4 unspecified atom stereocenters. The normalized spacial score (nSPS) is 18.9. The van der Waals surface area contributed by atoms with Gasteiger partial charge in [-0.2, -0.15) is 13.2 Å². The fraction of sp³-hybridized carbons (Fsp3) is 0.750. The van der Waals surface area contributed by atoms with Crippen molar-refractivity contribution in [1.82, 2.24) is 0 Å². The molecule has 0 aliphatic heterocycles. The zero-order valence-corrected chi connectivity index (χ0v) is 8.70. The van der Waals surface area contributed by atoms with Crippen LogP contribution in [0.4, 0.5) is 13.2 Å². The fourth-order valence-corrected chi connectivity index (χ4v) is 0.951.